The number of guanidine groups is 1. The van der Waals surface area contributed by atoms with Gasteiger partial charge in [-0.25, -0.2) is 0 Å². The van der Waals surface area contributed by atoms with E-state index in [9.17, 15) is 4.79 Å². The molecular formula is C21H41N5O3. The van der Waals surface area contributed by atoms with Crippen LogP contribution in [0.5, 0.6) is 0 Å². The van der Waals surface area contributed by atoms with Crippen molar-refractivity contribution in [1.29, 1.82) is 0 Å². The van der Waals surface area contributed by atoms with Gasteiger partial charge in [-0.15, -0.1) is 0 Å². The molecule has 168 valence electrons. The first kappa shape index (κ1) is 23.9. The van der Waals surface area contributed by atoms with Crippen LogP contribution in [0, 0.1) is 5.92 Å². The summed E-state index contributed by atoms with van der Waals surface area (Å²) in [6, 6.07) is 0.192. The number of amides is 1. The highest BCUT2D eigenvalue weighted by Crippen LogP contribution is 2.14. The molecule has 2 N–H and O–H groups in total. The number of aliphatic imine (C=N–C) groups is 1. The number of nitrogens with one attached hydrogen (secondary N) is 2. The lowest BCUT2D eigenvalue weighted by Crippen LogP contribution is -2.54. The first-order chi connectivity index (χ1) is 14.1. The normalized spacial score (nSPS) is 19.6. The fourth-order valence-corrected chi connectivity index (χ4v) is 3.63. The minimum atomic E-state index is 0.106. The Morgan fingerprint density at radius 3 is 2.59 bits per heavy atom. The molecule has 0 aromatic heterocycles. The number of hydrogen-bond acceptors (Lipinski definition) is 5. The van der Waals surface area contributed by atoms with Crippen LogP contribution in [0.15, 0.2) is 4.99 Å². The van der Waals surface area contributed by atoms with E-state index in [1.54, 1.807) is 0 Å². The average Bonchev–Trinajstić information content (AvgIpc) is 2.70. The van der Waals surface area contributed by atoms with E-state index in [4.69, 9.17) is 14.5 Å². The van der Waals surface area contributed by atoms with E-state index < -0.39 is 0 Å². The van der Waals surface area contributed by atoms with Crippen LogP contribution in [0.25, 0.3) is 0 Å². The average molecular weight is 412 g/mol. The van der Waals surface area contributed by atoms with Gasteiger partial charge >= 0.3 is 0 Å². The van der Waals surface area contributed by atoms with Crippen molar-refractivity contribution >= 4 is 11.9 Å². The number of nitrogens with zero attached hydrogens (tertiary/aromatic N) is 3. The third-order valence-electron chi connectivity index (χ3n) is 5.23. The van der Waals surface area contributed by atoms with E-state index in [2.05, 4.69) is 27.4 Å². The van der Waals surface area contributed by atoms with Gasteiger partial charge < -0.3 is 25.0 Å². The van der Waals surface area contributed by atoms with Crippen molar-refractivity contribution in [3.8, 4) is 0 Å². The Morgan fingerprint density at radius 2 is 1.93 bits per heavy atom. The molecule has 2 saturated heterocycles. The summed E-state index contributed by atoms with van der Waals surface area (Å²) in [6.07, 6.45) is 3.18. The van der Waals surface area contributed by atoms with Crippen LogP contribution < -0.4 is 10.6 Å². The van der Waals surface area contributed by atoms with Gasteiger partial charge in [-0.2, -0.15) is 0 Å². The third-order valence-corrected chi connectivity index (χ3v) is 5.23. The molecule has 8 nitrogen and oxygen atoms in total. The zero-order valence-electron chi connectivity index (χ0n) is 18.6. The second-order valence-corrected chi connectivity index (χ2v) is 8.21. The van der Waals surface area contributed by atoms with Crippen LogP contribution in [0.1, 0.15) is 40.0 Å². The number of ether oxygens (including phenoxy) is 2. The summed E-state index contributed by atoms with van der Waals surface area (Å²) in [7, 11) is 0. The molecule has 0 bridgehead atoms. The standard InChI is InChI=1S/C21H41N5O3/c1-4-22-21(23-8-5-13-29-17-19-6-14-28-15-7-19)26-11-9-25(10-12-26)16-20(27)24-18(2)3/h18-19H,4-17H2,1-3H3,(H,22,23)(H,24,27). The first-order valence-corrected chi connectivity index (χ1v) is 11.3. The van der Waals surface area contributed by atoms with E-state index in [1.165, 1.54) is 0 Å². The van der Waals surface area contributed by atoms with E-state index in [0.29, 0.717) is 12.5 Å². The lowest BCUT2D eigenvalue weighted by molar-refractivity contribution is -0.123. The highest BCUT2D eigenvalue weighted by Gasteiger charge is 2.21. The Hall–Kier alpha value is -1.38. The summed E-state index contributed by atoms with van der Waals surface area (Å²) < 4.78 is 11.2. The Labute approximate surface area is 176 Å². The van der Waals surface area contributed by atoms with E-state index in [-0.39, 0.29) is 11.9 Å². The van der Waals surface area contributed by atoms with Crippen LogP contribution in [-0.2, 0) is 14.3 Å². The molecule has 2 aliphatic heterocycles. The van der Waals surface area contributed by atoms with Gasteiger partial charge in [0.1, 0.15) is 0 Å². The second-order valence-electron chi connectivity index (χ2n) is 8.21. The van der Waals surface area contributed by atoms with Crippen LogP contribution in [0.3, 0.4) is 0 Å². The van der Waals surface area contributed by atoms with Gasteiger partial charge in [-0.05, 0) is 46.0 Å². The summed E-state index contributed by atoms with van der Waals surface area (Å²) in [5.41, 5.74) is 0. The van der Waals surface area contributed by atoms with Gasteiger partial charge in [0, 0.05) is 71.7 Å². The molecule has 0 atom stereocenters. The molecule has 2 heterocycles. The number of carbonyl (C=O) groups excluding carboxylic acids is 1. The summed E-state index contributed by atoms with van der Waals surface area (Å²) in [6.45, 7) is 15.1. The van der Waals surface area contributed by atoms with Crippen LogP contribution in [0.2, 0.25) is 0 Å². The minimum absolute atomic E-state index is 0.106. The van der Waals surface area contributed by atoms with Gasteiger partial charge in [-0.1, -0.05) is 0 Å². The van der Waals surface area contributed by atoms with Gasteiger partial charge in [0.25, 0.3) is 0 Å². The molecule has 0 unspecified atom stereocenters. The molecule has 0 radical (unpaired) electrons. The van der Waals surface area contributed by atoms with Crippen molar-refractivity contribution in [2.24, 2.45) is 10.9 Å². The Kier molecular flexibility index (Phi) is 11.3. The summed E-state index contributed by atoms with van der Waals surface area (Å²) in [4.78, 5) is 21.2. The number of hydrogen-bond donors (Lipinski definition) is 2. The van der Waals surface area contributed by atoms with Gasteiger partial charge in [0.15, 0.2) is 5.96 Å². The largest absolute Gasteiger partial charge is 0.381 e. The quantitative estimate of drug-likeness (QED) is 0.316. The maximum atomic E-state index is 11.9. The molecule has 0 spiro atoms. The predicted molar refractivity (Wildman–Crippen MR) is 116 cm³/mol. The molecule has 2 rings (SSSR count). The van der Waals surface area contributed by atoms with E-state index in [1.807, 2.05) is 13.8 Å². The van der Waals surface area contributed by atoms with Gasteiger partial charge in [0.05, 0.1) is 6.54 Å². The highest BCUT2D eigenvalue weighted by molar-refractivity contribution is 5.80. The lowest BCUT2D eigenvalue weighted by Gasteiger charge is -2.36. The predicted octanol–water partition coefficient (Wildman–Crippen LogP) is 0.927. The molecular weight excluding hydrogens is 370 g/mol. The van der Waals surface area contributed by atoms with Crippen molar-refractivity contribution in [2.45, 2.75) is 46.1 Å². The first-order valence-electron chi connectivity index (χ1n) is 11.3. The summed E-state index contributed by atoms with van der Waals surface area (Å²) in [5, 5.41) is 6.36. The third kappa shape index (κ3) is 9.78. The Bertz CT molecular complexity index is 487. The van der Waals surface area contributed by atoms with Crippen molar-refractivity contribution in [3.05, 3.63) is 0 Å². The Morgan fingerprint density at radius 1 is 1.21 bits per heavy atom. The fraction of sp³-hybridized carbons (Fsp3) is 0.905. The molecule has 1 amide bonds. The van der Waals surface area contributed by atoms with Crippen LogP contribution in [0.4, 0.5) is 0 Å². The smallest absolute Gasteiger partial charge is 0.234 e. The maximum Gasteiger partial charge on any atom is 0.234 e. The Balaban J connectivity index is 1.64. The molecule has 0 aromatic carbocycles. The summed E-state index contributed by atoms with van der Waals surface area (Å²) >= 11 is 0. The molecule has 0 saturated carbocycles. The number of rotatable bonds is 10. The maximum absolute atomic E-state index is 11.9. The fourth-order valence-electron chi connectivity index (χ4n) is 3.63. The molecule has 2 fully saturated rings. The van der Waals surface area contributed by atoms with E-state index in [0.717, 1.165) is 90.9 Å². The molecule has 0 aliphatic carbocycles. The monoisotopic (exact) mass is 411 g/mol. The van der Waals surface area contributed by atoms with Crippen LogP contribution >= 0.6 is 0 Å². The van der Waals surface area contributed by atoms with E-state index >= 15 is 0 Å². The second kappa shape index (κ2) is 13.8. The molecule has 2 aliphatic rings. The zero-order valence-corrected chi connectivity index (χ0v) is 18.6. The lowest BCUT2D eigenvalue weighted by atomic mass is 10.0. The molecule has 0 aromatic rings. The topological polar surface area (TPSA) is 78.4 Å². The summed E-state index contributed by atoms with van der Waals surface area (Å²) in [5.74, 6) is 1.74. The zero-order chi connectivity index (χ0) is 20.9. The highest BCUT2D eigenvalue weighted by atomic mass is 16.5. The number of carbonyl (C=O) groups is 1. The van der Waals surface area contributed by atoms with Gasteiger partial charge in [-0.3, -0.25) is 14.7 Å². The van der Waals surface area contributed by atoms with Crippen molar-refractivity contribution in [1.82, 2.24) is 20.4 Å². The number of piperazine rings is 1. The minimum Gasteiger partial charge on any atom is -0.381 e. The van der Waals surface area contributed by atoms with Crippen molar-refractivity contribution in [2.75, 3.05) is 72.2 Å². The van der Waals surface area contributed by atoms with Gasteiger partial charge in [0.2, 0.25) is 5.91 Å². The SMILES string of the molecule is CCNC(=NCCCOCC1CCOCC1)N1CCN(CC(=O)NC(C)C)CC1. The van der Waals surface area contributed by atoms with Crippen molar-refractivity contribution in [3.63, 3.8) is 0 Å². The van der Waals surface area contributed by atoms with Crippen molar-refractivity contribution < 1.29 is 14.3 Å². The van der Waals surface area contributed by atoms with Crippen LogP contribution in [-0.4, -0.2) is 99.9 Å². The molecule has 29 heavy (non-hydrogen) atoms. The molecule has 8 heteroatoms.